The Morgan fingerprint density at radius 2 is 1.72 bits per heavy atom. The number of rotatable bonds is 11. The maximum absolute atomic E-state index is 12.8. The van der Waals surface area contributed by atoms with Crippen LogP contribution in [0.1, 0.15) is 60.5 Å². The van der Waals surface area contributed by atoms with E-state index >= 15 is 0 Å². The molecular formula is C22H29NO5S. The lowest BCUT2D eigenvalue weighted by molar-refractivity contribution is 0.103. The lowest BCUT2D eigenvalue weighted by Gasteiger charge is -2.14. The van der Waals surface area contributed by atoms with Gasteiger partial charge < -0.3 is 9.84 Å². The fourth-order valence-electron chi connectivity index (χ4n) is 2.97. The third kappa shape index (κ3) is 6.05. The Hall–Kier alpha value is -2.38. The first-order chi connectivity index (χ1) is 13.8. The van der Waals surface area contributed by atoms with Crippen molar-refractivity contribution in [1.82, 2.24) is 4.72 Å². The van der Waals surface area contributed by atoms with Crippen molar-refractivity contribution in [2.75, 3.05) is 13.7 Å². The average Bonchev–Trinajstić information content (AvgIpc) is 2.70. The molecule has 0 saturated heterocycles. The number of ether oxygens (including phenoxy) is 1. The van der Waals surface area contributed by atoms with Crippen molar-refractivity contribution in [3.8, 4) is 11.5 Å². The van der Waals surface area contributed by atoms with E-state index in [0.717, 1.165) is 43.7 Å². The normalized spacial score (nSPS) is 11.4. The summed E-state index contributed by atoms with van der Waals surface area (Å²) in [7, 11) is -2.58. The summed E-state index contributed by atoms with van der Waals surface area (Å²) >= 11 is 0. The molecule has 2 N–H and O–H groups in total. The van der Waals surface area contributed by atoms with Gasteiger partial charge in [0.25, 0.3) is 0 Å². The maximum Gasteiger partial charge on any atom is 0.244 e. The molecule has 0 amide bonds. The zero-order chi connectivity index (χ0) is 21.4. The Morgan fingerprint density at radius 1 is 1.07 bits per heavy atom. The molecular weight excluding hydrogens is 390 g/mol. The van der Waals surface area contributed by atoms with Gasteiger partial charge in [-0.25, -0.2) is 13.1 Å². The minimum absolute atomic E-state index is 0.0126. The molecule has 29 heavy (non-hydrogen) atoms. The van der Waals surface area contributed by atoms with Gasteiger partial charge in [0.05, 0.1) is 12.7 Å². The molecule has 0 unspecified atom stereocenters. The Morgan fingerprint density at radius 3 is 2.34 bits per heavy atom. The number of carbonyl (C=O) groups excluding carboxylic acids is 1. The van der Waals surface area contributed by atoms with Crippen LogP contribution in [0.3, 0.4) is 0 Å². The zero-order valence-corrected chi connectivity index (χ0v) is 18.0. The van der Waals surface area contributed by atoms with Gasteiger partial charge in [-0.3, -0.25) is 4.79 Å². The second-order valence-electron chi connectivity index (χ2n) is 7.03. The summed E-state index contributed by atoms with van der Waals surface area (Å²) in [5.74, 6) is -0.798. The second kappa shape index (κ2) is 10.4. The minimum Gasteiger partial charge on any atom is -0.507 e. The summed E-state index contributed by atoms with van der Waals surface area (Å²) in [4.78, 5) is 12.6. The van der Waals surface area contributed by atoms with E-state index in [1.165, 1.54) is 13.2 Å². The van der Waals surface area contributed by atoms with Gasteiger partial charge in [0.1, 0.15) is 16.4 Å². The molecule has 0 aliphatic heterocycles. The van der Waals surface area contributed by atoms with Gasteiger partial charge >= 0.3 is 0 Å². The van der Waals surface area contributed by atoms with Crippen LogP contribution in [0.2, 0.25) is 0 Å². The number of nitrogens with one attached hydrogen (secondary N) is 1. The van der Waals surface area contributed by atoms with Gasteiger partial charge in [-0.05, 0) is 19.4 Å². The molecule has 0 saturated carbocycles. The van der Waals surface area contributed by atoms with Crippen molar-refractivity contribution < 1.29 is 23.1 Å². The van der Waals surface area contributed by atoms with Crippen molar-refractivity contribution in [2.45, 2.75) is 50.8 Å². The lowest BCUT2D eigenvalue weighted by atomic mass is 10.0. The highest BCUT2D eigenvalue weighted by Crippen LogP contribution is 2.32. The molecule has 2 aromatic carbocycles. The van der Waals surface area contributed by atoms with Crippen molar-refractivity contribution in [3.05, 3.63) is 53.1 Å². The summed E-state index contributed by atoms with van der Waals surface area (Å²) in [5.41, 5.74) is 1.27. The molecule has 0 aliphatic rings. The highest BCUT2D eigenvalue weighted by Gasteiger charge is 2.24. The number of methoxy groups -OCH3 is 1. The van der Waals surface area contributed by atoms with E-state index < -0.39 is 15.8 Å². The fourth-order valence-corrected chi connectivity index (χ4v) is 4.22. The zero-order valence-electron chi connectivity index (χ0n) is 17.2. The monoisotopic (exact) mass is 419 g/mol. The highest BCUT2D eigenvalue weighted by molar-refractivity contribution is 7.89. The number of hydrogen-bond donors (Lipinski definition) is 2. The molecule has 0 heterocycles. The third-order valence-electron chi connectivity index (χ3n) is 4.70. The van der Waals surface area contributed by atoms with Crippen molar-refractivity contribution in [1.29, 1.82) is 0 Å². The number of aryl methyl sites for hydroxylation is 1. The average molecular weight is 420 g/mol. The van der Waals surface area contributed by atoms with E-state index in [4.69, 9.17) is 4.74 Å². The Bertz CT molecular complexity index is 936. The number of benzene rings is 2. The predicted octanol–water partition coefficient (Wildman–Crippen LogP) is 4.19. The van der Waals surface area contributed by atoms with Crippen LogP contribution in [0.4, 0.5) is 0 Å². The Kier molecular flexibility index (Phi) is 8.22. The van der Waals surface area contributed by atoms with Crippen molar-refractivity contribution in [3.63, 3.8) is 0 Å². The molecule has 0 spiro atoms. The predicted molar refractivity (Wildman–Crippen MR) is 113 cm³/mol. The number of carbonyl (C=O) groups is 1. The largest absolute Gasteiger partial charge is 0.507 e. The van der Waals surface area contributed by atoms with Crippen LogP contribution in [0.15, 0.2) is 41.3 Å². The SMILES string of the molecule is CCCCCCCNS(=O)(=O)c1cc(C(=O)c2ccc(C)cc2)c(O)cc1OC. The van der Waals surface area contributed by atoms with Crippen molar-refractivity contribution >= 4 is 15.8 Å². The molecule has 7 heteroatoms. The topological polar surface area (TPSA) is 92.7 Å². The van der Waals surface area contributed by atoms with Crippen LogP contribution in [-0.2, 0) is 10.0 Å². The second-order valence-corrected chi connectivity index (χ2v) is 8.76. The van der Waals surface area contributed by atoms with Gasteiger partial charge in [0, 0.05) is 18.2 Å². The van der Waals surface area contributed by atoms with Gasteiger partial charge in [0.2, 0.25) is 10.0 Å². The van der Waals surface area contributed by atoms with E-state index in [9.17, 15) is 18.3 Å². The molecule has 0 fully saturated rings. The molecule has 6 nitrogen and oxygen atoms in total. The highest BCUT2D eigenvalue weighted by atomic mass is 32.2. The van der Waals surface area contributed by atoms with E-state index in [0.29, 0.717) is 12.1 Å². The van der Waals surface area contributed by atoms with Crippen molar-refractivity contribution in [2.24, 2.45) is 0 Å². The van der Waals surface area contributed by atoms with Crippen LogP contribution < -0.4 is 9.46 Å². The first kappa shape index (κ1) is 22.9. The number of phenolic OH excluding ortho intramolecular Hbond substituents is 1. The summed E-state index contributed by atoms with van der Waals surface area (Å²) < 4.78 is 33.3. The number of phenols is 1. The number of ketones is 1. The van der Waals surface area contributed by atoms with Crippen LogP contribution in [0.5, 0.6) is 11.5 Å². The smallest absolute Gasteiger partial charge is 0.244 e. The molecule has 0 atom stereocenters. The standard InChI is InChI=1S/C22H29NO5S/c1-4-5-6-7-8-13-23-29(26,27)21-14-18(19(24)15-20(21)28-3)22(25)17-11-9-16(2)10-12-17/h9-12,14-15,23-24H,4-8,13H2,1-3H3. The molecule has 0 aromatic heterocycles. The van der Waals surface area contributed by atoms with E-state index in [2.05, 4.69) is 11.6 Å². The summed E-state index contributed by atoms with van der Waals surface area (Å²) in [6.45, 7) is 4.32. The first-order valence-electron chi connectivity index (χ1n) is 9.82. The Labute approximate surface area is 173 Å². The number of unbranched alkanes of at least 4 members (excludes halogenated alkanes) is 4. The van der Waals surface area contributed by atoms with Crippen LogP contribution in [0, 0.1) is 6.92 Å². The van der Waals surface area contributed by atoms with E-state index in [1.54, 1.807) is 24.3 Å². The van der Waals surface area contributed by atoms with Gasteiger partial charge in [-0.1, -0.05) is 62.4 Å². The third-order valence-corrected chi connectivity index (χ3v) is 6.18. The molecule has 2 rings (SSSR count). The van der Waals surface area contributed by atoms with Gasteiger partial charge in [0.15, 0.2) is 5.78 Å². The van der Waals surface area contributed by atoms with E-state index in [-0.39, 0.29) is 22.0 Å². The summed E-state index contributed by atoms with van der Waals surface area (Å²) in [5, 5.41) is 10.3. The van der Waals surface area contributed by atoms with Crippen LogP contribution >= 0.6 is 0 Å². The summed E-state index contributed by atoms with van der Waals surface area (Å²) in [6.07, 6.45) is 4.99. The lowest BCUT2D eigenvalue weighted by Crippen LogP contribution is -2.25. The van der Waals surface area contributed by atoms with Crippen LogP contribution in [-0.4, -0.2) is 33.0 Å². The molecule has 2 aromatic rings. The van der Waals surface area contributed by atoms with E-state index in [1.807, 2.05) is 6.92 Å². The molecule has 158 valence electrons. The molecule has 0 aliphatic carbocycles. The summed E-state index contributed by atoms with van der Waals surface area (Å²) in [6, 6.07) is 9.19. The first-order valence-corrected chi connectivity index (χ1v) is 11.3. The fraction of sp³-hybridized carbons (Fsp3) is 0.409. The minimum atomic E-state index is -3.90. The number of sulfonamides is 1. The van der Waals surface area contributed by atoms with Gasteiger partial charge in [-0.2, -0.15) is 0 Å². The maximum atomic E-state index is 12.8. The number of hydrogen-bond acceptors (Lipinski definition) is 5. The molecule has 0 bridgehead atoms. The van der Waals surface area contributed by atoms with Gasteiger partial charge in [-0.15, -0.1) is 0 Å². The Balaban J connectivity index is 2.27. The van der Waals surface area contributed by atoms with Crippen LogP contribution in [0.25, 0.3) is 0 Å². The molecule has 0 radical (unpaired) electrons. The quantitative estimate of drug-likeness (QED) is 0.421. The number of aromatic hydroxyl groups is 1.